The van der Waals surface area contributed by atoms with Crippen molar-refractivity contribution in [2.24, 2.45) is 0 Å². The van der Waals surface area contributed by atoms with E-state index in [9.17, 15) is 9.18 Å². The Kier molecular flexibility index (Phi) is 4.78. The summed E-state index contributed by atoms with van der Waals surface area (Å²) in [6.07, 6.45) is 3.47. The Labute approximate surface area is 183 Å². The lowest BCUT2D eigenvalue weighted by molar-refractivity contribution is 0.628. The Morgan fingerprint density at radius 1 is 1.03 bits per heavy atom. The van der Waals surface area contributed by atoms with E-state index in [1.807, 2.05) is 43.3 Å². The molecule has 7 heteroatoms. The molecule has 5 rings (SSSR count). The number of hydrogen-bond acceptors (Lipinski definition) is 4. The number of nitrogens with two attached hydrogens (primary N) is 1. The number of aryl methyl sites for hydroxylation is 1. The first kappa shape index (κ1) is 19.7. The fraction of sp³-hybridized carbons (Fsp3) is 0.0800. The summed E-state index contributed by atoms with van der Waals surface area (Å²) < 4.78 is 15.2. The van der Waals surface area contributed by atoms with Crippen LogP contribution in [0.15, 0.2) is 77.9 Å². The number of rotatable bonds is 4. The van der Waals surface area contributed by atoms with Gasteiger partial charge in [-0.1, -0.05) is 18.2 Å². The number of benzene rings is 2. The third-order valence-corrected chi connectivity index (χ3v) is 5.55. The third kappa shape index (κ3) is 3.54. The van der Waals surface area contributed by atoms with Gasteiger partial charge in [0.15, 0.2) is 0 Å². The van der Waals surface area contributed by atoms with Crippen molar-refractivity contribution in [2.75, 3.05) is 5.73 Å². The second-order valence-electron chi connectivity index (χ2n) is 7.71. The van der Waals surface area contributed by atoms with Crippen molar-refractivity contribution in [3.63, 3.8) is 0 Å². The van der Waals surface area contributed by atoms with Gasteiger partial charge in [-0.05, 0) is 60.0 Å². The molecule has 2 aromatic carbocycles. The molecule has 0 atom stereocenters. The summed E-state index contributed by atoms with van der Waals surface area (Å²) >= 11 is 0. The van der Waals surface area contributed by atoms with Crippen molar-refractivity contribution in [2.45, 2.75) is 13.5 Å². The fourth-order valence-corrected chi connectivity index (χ4v) is 3.83. The molecule has 0 aliphatic rings. The fourth-order valence-electron chi connectivity index (χ4n) is 3.83. The van der Waals surface area contributed by atoms with E-state index in [-0.39, 0.29) is 17.8 Å². The van der Waals surface area contributed by atoms with E-state index in [2.05, 4.69) is 15.2 Å². The second-order valence-corrected chi connectivity index (χ2v) is 7.71. The highest BCUT2D eigenvalue weighted by atomic mass is 19.1. The van der Waals surface area contributed by atoms with Crippen molar-refractivity contribution in [3.05, 3.63) is 100 Å². The molecule has 0 fully saturated rings. The highest BCUT2D eigenvalue weighted by molar-refractivity contribution is 5.95. The Hall–Kier alpha value is -4.26. The molecule has 0 spiro atoms. The number of aromatic amines is 1. The van der Waals surface area contributed by atoms with Crippen LogP contribution >= 0.6 is 0 Å². The highest BCUT2D eigenvalue weighted by Crippen LogP contribution is 2.30. The highest BCUT2D eigenvalue weighted by Gasteiger charge is 2.11. The second kappa shape index (κ2) is 7.77. The number of hydrogen-bond donors (Lipinski definition) is 2. The largest absolute Gasteiger partial charge is 0.396 e. The number of anilines is 1. The molecule has 158 valence electrons. The molecule has 3 N–H and O–H groups in total. The molecule has 0 aliphatic carbocycles. The number of nitrogens with zero attached hydrogens (tertiary/aromatic N) is 3. The summed E-state index contributed by atoms with van der Waals surface area (Å²) in [4.78, 5) is 17.0. The molecule has 0 saturated heterocycles. The van der Waals surface area contributed by atoms with Gasteiger partial charge >= 0.3 is 0 Å². The van der Waals surface area contributed by atoms with Gasteiger partial charge in [0, 0.05) is 35.1 Å². The summed E-state index contributed by atoms with van der Waals surface area (Å²) in [5.74, 6) is -0.485. The van der Waals surface area contributed by atoms with Gasteiger partial charge in [0.2, 0.25) is 0 Å². The molecule has 0 unspecified atom stereocenters. The van der Waals surface area contributed by atoms with Gasteiger partial charge in [0.25, 0.3) is 5.56 Å². The maximum Gasteiger partial charge on any atom is 0.251 e. The van der Waals surface area contributed by atoms with Gasteiger partial charge in [0.05, 0.1) is 17.7 Å². The van der Waals surface area contributed by atoms with Crippen LogP contribution < -0.4 is 11.3 Å². The van der Waals surface area contributed by atoms with Crippen molar-refractivity contribution in [3.8, 4) is 22.4 Å². The van der Waals surface area contributed by atoms with E-state index in [0.29, 0.717) is 5.56 Å². The molecular formula is C25H20FN5O. The summed E-state index contributed by atoms with van der Waals surface area (Å²) in [7, 11) is 0. The molecule has 0 saturated carbocycles. The molecule has 3 aromatic heterocycles. The van der Waals surface area contributed by atoms with Crippen molar-refractivity contribution < 1.29 is 4.39 Å². The summed E-state index contributed by atoms with van der Waals surface area (Å²) in [6, 6.07) is 17.9. The number of para-hydroxylation sites is 1. The third-order valence-electron chi connectivity index (χ3n) is 5.55. The predicted molar refractivity (Wildman–Crippen MR) is 124 cm³/mol. The van der Waals surface area contributed by atoms with Crippen LogP contribution in [0.25, 0.3) is 33.3 Å². The zero-order valence-corrected chi connectivity index (χ0v) is 17.3. The van der Waals surface area contributed by atoms with Gasteiger partial charge in [-0.2, -0.15) is 5.10 Å². The minimum atomic E-state index is -0.485. The van der Waals surface area contributed by atoms with E-state index < -0.39 is 5.82 Å². The Morgan fingerprint density at radius 3 is 2.69 bits per heavy atom. The van der Waals surface area contributed by atoms with Crippen LogP contribution in [0.5, 0.6) is 0 Å². The lowest BCUT2D eigenvalue weighted by Crippen LogP contribution is -2.19. The minimum Gasteiger partial charge on any atom is -0.396 e. The van der Waals surface area contributed by atoms with E-state index >= 15 is 0 Å². The standard InChI is InChI=1S/C25H20FN5O/c1-15-11-18(7-9-28-15)25-20-12-16(5-6-22(20)29-30-25)17-8-10-31(23(32)13-17)14-19-3-2-4-21(26)24(19)27/h2-13H,14,27H2,1H3,(H,29,30). The van der Waals surface area contributed by atoms with Crippen molar-refractivity contribution >= 4 is 16.6 Å². The number of H-pyrrole nitrogens is 1. The first-order valence-electron chi connectivity index (χ1n) is 10.1. The van der Waals surface area contributed by atoms with Crippen molar-refractivity contribution in [1.29, 1.82) is 0 Å². The van der Waals surface area contributed by atoms with Crippen LogP contribution in [0.2, 0.25) is 0 Å². The summed E-state index contributed by atoms with van der Waals surface area (Å²) in [5.41, 5.74) is 11.6. The van der Waals surface area contributed by atoms with E-state index in [1.165, 1.54) is 10.6 Å². The smallest absolute Gasteiger partial charge is 0.251 e. The van der Waals surface area contributed by atoms with Crippen LogP contribution in [0.1, 0.15) is 11.3 Å². The molecule has 0 amide bonds. The molecule has 0 radical (unpaired) electrons. The zero-order valence-electron chi connectivity index (χ0n) is 17.3. The average Bonchev–Trinajstić information content (AvgIpc) is 3.21. The van der Waals surface area contributed by atoms with Crippen LogP contribution in [-0.4, -0.2) is 19.7 Å². The number of nitrogen functional groups attached to an aromatic ring is 1. The van der Waals surface area contributed by atoms with E-state index in [0.717, 1.165) is 39.0 Å². The monoisotopic (exact) mass is 425 g/mol. The number of pyridine rings is 2. The van der Waals surface area contributed by atoms with Crippen molar-refractivity contribution in [1.82, 2.24) is 19.7 Å². The van der Waals surface area contributed by atoms with Gasteiger partial charge < -0.3 is 10.3 Å². The zero-order chi connectivity index (χ0) is 22.2. The molecule has 3 heterocycles. The predicted octanol–water partition coefficient (Wildman–Crippen LogP) is 4.53. The molecule has 32 heavy (non-hydrogen) atoms. The van der Waals surface area contributed by atoms with E-state index in [1.54, 1.807) is 30.6 Å². The molecular weight excluding hydrogens is 405 g/mol. The van der Waals surface area contributed by atoms with Crippen LogP contribution in [0.3, 0.4) is 0 Å². The number of aromatic nitrogens is 4. The summed E-state index contributed by atoms with van der Waals surface area (Å²) in [6.45, 7) is 2.14. The Balaban J connectivity index is 1.51. The van der Waals surface area contributed by atoms with Crippen LogP contribution in [0, 0.1) is 12.7 Å². The average molecular weight is 425 g/mol. The quantitative estimate of drug-likeness (QED) is 0.414. The van der Waals surface area contributed by atoms with Crippen LogP contribution in [-0.2, 0) is 6.54 Å². The lowest BCUT2D eigenvalue weighted by Gasteiger charge is -2.10. The normalized spacial score (nSPS) is 11.2. The molecule has 6 nitrogen and oxygen atoms in total. The number of fused-ring (bicyclic) bond motifs is 1. The number of halogens is 1. The lowest BCUT2D eigenvalue weighted by atomic mass is 10.0. The van der Waals surface area contributed by atoms with Gasteiger partial charge in [-0.15, -0.1) is 0 Å². The first-order chi connectivity index (χ1) is 15.5. The maximum atomic E-state index is 13.7. The SMILES string of the molecule is Cc1cc(-c2n[nH]c3ccc(-c4ccn(Cc5cccc(F)c5N)c(=O)c4)cc23)ccn1. The molecule has 0 bridgehead atoms. The van der Waals surface area contributed by atoms with Gasteiger partial charge in [-0.25, -0.2) is 4.39 Å². The number of nitrogens with one attached hydrogen (secondary N) is 1. The maximum absolute atomic E-state index is 13.7. The minimum absolute atomic E-state index is 0.0627. The topological polar surface area (TPSA) is 89.6 Å². The van der Waals surface area contributed by atoms with Gasteiger partial charge in [0.1, 0.15) is 11.5 Å². The van der Waals surface area contributed by atoms with Gasteiger partial charge in [-0.3, -0.25) is 14.9 Å². The Bertz CT molecular complexity index is 1520. The summed E-state index contributed by atoms with van der Waals surface area (Å²) in [5, 5.41) is 8.50. The molecule has 0 aliphatic heterocycles. The first-order valence-corrected chi connectivity index (χ1v) is 10.1. The molecule has 5 aromatic rings. The van der Waals surface area contributed by atoms with E-state index in [4.69, 9.17) is 5.73 Å². The Morgan fingerprint density at radius 2 is 1.88 bits per heavy atom. The van der Waals surface area contributed by atoms with Crippen LogP contribution in [0.4, 0.5) is 10.1 Å².